The molecular formula is C24H31N3O5. The molecule has 0 unspecified atom stereocenters. The van der Waals surface area contributed by atoms with Gasteiger partial charge in [-0.15, -0.1) is 0 Å². The van der Waals surface area contributed by atoms with Crippen molar-refractivity contribution in [1.82, 2.24) is 10.6 Å². The fraction of sp³-hybridized carbons (Fsp3) is 0.375. The maximum atomic E-state index is 12.9. The molecule has 8 nitrogen and oxygen atoms in total. The Balaban J connectivity index is 2.03. The summed E-state index contributed by atoms with van der Waals surface area (Å²) in [6, 6.07) is 14.6. The Hall–Kier alpha value is -3.55. The van der Waals surface area contributed by atoms with Crippen LogP contribution in [-0.2, 0) is 27.4 Å². The van der Waals surface area contributed by atoms with Gasteiger partial charge in [0.05, 0.1) is 7.11 Å². The lowest BCUT2D eigenvalue weighted by Gasteiger charge is -2.23. The van der Waals surface area contributed by atoms with E-state index in [0.29, 0.717) is 12.2 Å². The molecule has 8 heteroatoms. The number of carbonyl (C=O) groups is 3. The van der Waals surface area contributed by atoms with E-state index in [9.17, 15) is 14.4 Å². The zero-order chi connectivity index (χ0) is 23.5. The van der Waals surface area contributed by atoms with Gasteiger partial charge in [-0.25, -0.2) is 4.79 Å². The first-order valence-electron chi connectivity index (χ1n) is 10.5. The third-order valence-corrected chi connectivity index (χ3v) is 4.80. The molecule has 0 spiro atoms. The number of nitrogens with one attached hydrogen (secondary N) is 2. The Labute approximate surface area is 188 Å². The number of methoxy groups -OCH3 is 1. The minimum Gasteiger partial charge on any atom is -0.496 e. The molecule has 0 heterocycles. The van der Waals surface area contributed by atoms with Crippen molar-refractivity contribution in [3.05, 3.63) is 65.7 Å². The Morgan fingerprint density at radius 2 is 1.59 bits per heavy atom. The molecule has 0 radical (unpaired) electrons. The van der Waals surface area contributed by atoms with Crippen molar-refractivity contribution in [1.29, 1.82) is 0 Å². The molecule has 2 rings (SSSR count). The molecule has 2 aromatic carbocycles. The summed E-state index contributed by atoms with van der Waals surface area (Å²) in [5.41, 5.74) is 7.10. The van der Waals surface area contributed by atoms with Gasteiger partial charge in [-0.2, -0.15) is 0 Å². The van der Waals surface area contributed by atoms with Crippen LogP contribution in [0.15, 0.2) is 54.6 Å². The van der Waals surface area contributed by atoms with Crippen LogP contribution in [0, 0.1) is 5.92 Å². The molecule has 4 N–H and O–H groups in total. The van der Waals surface area contributed by atoms with E-state index in [1.165, 1.54) is 7.11 Å². The predicted molar refractivity (Wildman–Crippen MR) is 121 cm³/mol. The van der Waals surface area contributed by atoms with Gasteiger partial charge >= 0.3 is 6.09 Å². The van der Waals surface area contributed by atoms with E-state index in [2.05, 4.69) is 10.6 Å². The van der Waals surface area contributed by atoms with E-state index < -0.39 is 30.0 Å². The highest BCUT2D eigenvalue weighted by Gasteiger charge is 2.27. The molecule has 172 valence electrons. The number of para-hydroxylation sites is 1. The monoisotopic (exact) mass is 441 g/mol. The van der Waals surface area contributed by atoms with Crippen molar-refractivity contribution < 1.29 is 23.9 Å². The number of hydrogen-bond donors (Lipinski definition) is 3. The minimum absolute atomic E-state index is 0.0837. The van der Waals surface area contributed by atoms with Crippen molar-refractivity contribution in [3.63, 3.8) is 0 Å². The summed E-state index contributed by atoms with van der Waals surface area (Å²) in [5.74, 6) is -0.482. The average Bonchev–Trinajstić information content (AvgIpc) is 2.77. The van der Waals surface area contributed by atoms with Gasteiger partial charge in [-0.1, -0.05) is 62.4 Å². The van der Waals surface area contributed by atoms with Gasteiger partial charge in [-0.05, 0) is 29.5 Å². The van der Waals surface area contributed by atoms with Gasteiger partial charge in [0.25, 0.3) is 0 Å². The Kier molecular flexibility index (Phi) is 9.53. The van der Waals surface area contributed by atoms with Crippen molar-refractivity contribution in [2.24, 2.45) is 11.7 Å². The van der Waals surface area contributed by atoms with Crippen molar-refractivity contribution in [2.45, 2.75) is 45.4 Å². The van der Waals surface area contributed by atoms with E-state index in [1.807, 2.05) is 56.3 Å². The Bertz CT molecular complexity index is 902. The molecule has 2 atom stereocenters. The zero-order valence-corrected chi connectivity index (χ0v) is 18.7. The smallest absolute Gasteiger partial charge is 0.408 e. The van der Waals surface area contributed by atoms with Crippen molar-refractivity contribution >= 4 is 17.9 Å². The number of ether oxygens (including phenoxy) is 2. The summed E-state index contributed by atoms with van der Waals surface area (Å²) >= 11 is 0. The lowest BCUT2D eigenvalue weighted by atomic mass is 10.0. The first kappa shape index (κ1) is 24.7. The lowest BCUT2D eigenvalue weighted by molar-refractivity contribution is -0.128. The number of carbonyl (C=O) groups excluding carboxylic acids is 3. The topological polar surface area (TPSA) is 120 Å². The second kappa shape index (κ2) is 12.3. The van der Waals surface area contributed by atoms with Gasteiger partial charge in [0.2, 0.25) is 11.8 Å². The van der Waals surface area contributed by atoms with Crippen LogP contribution >= 0.6 is 0 Å². The lowest BCUT2D eigenvalue weighted by Crippen LogP contribution is -2.54. The third kappa shape index (κ3) is 7.94. The van der Waals surface area contributed by atoms with Crippen LogP contribution in [0.4, 0.5) is 4.79 Å². The van der Waals surface area contributed by atoms with Crippen molar-refractivity contribution in [2.75, 3.05) is 7.11 Å². The van der Waals surface area contributed by atoms with E-state index in [0.717, 1.165) is 11.1 Å². The summed E-state index contributed by atoms with van der Waals surface area (Å²) in [4.78, 5) is 37.2. The molecule has 0 fully saturated rings. The van der Waals surface area contributed by atoms with Gasteiger partial charge in [0, 0.05) is 6.42 Å². The molecule has 2 aromatic rings. The summed E-state index contributed by atoms with van der Waals surface area (Å²) in [6.45, 7) is 3.94. The summed E-state index contributed by atoms with van der Waals surface area (Å²) in [7, 11) is 1.53. The summed E-state index contributed by atoms with van der Waals surface area (Å²) in [6.07, 6.45) is -0.181. The highest BCUT2D eigenvalue weighted by Crippen LogP contribution is 2.19. The Morgan fingerprint density at radius 1 is 0.938 bits per heavy atom. The zero-order valence-electron chi connectivity index (χ0n) is 18.7. The fourth-order valence-electron chi connectivity index (χ4n) is 3.20. The average molecular weight is 442 g/mol. The van der Waals surface area contributed by atoms with Crippen LogP contribution in [0.2, 0.25) is 0 Å². The van der Waals surface area contributed by atoms with E-state index >= 15 is 0 Å². The summed E-state index contributed by atoms with van der Waals surface area (Å²) < 4.78 is 10.5. The quantitative estimate of drug-likeness (QED) is 0.495. The molecule has 0 saturated carbocycles. The number of primary amides is 1. The number of hydrogen-bond acceptors (Lipinski definition) is 5. The van der Waals surface area contributed by atoms with E-state index in [4.69, 9.17) is 15.2 Å². The number of benzene rings is 2. The second-order valence-corrected chi connectivity index (χ2v) is 7.87. The largest absolute Gasteiger partial charge is 0.496 e. The third-order valence-electron chi connectivity index (χ3n) is 4.80. The van der Waals surface area contributed by atoms with Crippen LogP contribution in [-0.4, -0.2) is 37.1 Å². The maximum Gasteiger partial charge on any atom is 0.408 e. The second-order valence-electron chi connectivity index (χ2n) is 7.87. The molecule has 0 bridgehead atoms. The van der Waals surface area contributed by atoms with E-state index in [-0.39, 0.29) is 18.9 Å². The molecule has 0 aliphatic carbocycles. The first-order chi connectivity index (χ1) is 15.3. The molecule has 32 heavy (non-hydrogen) atoms. The maximum absolute atomic E-state index is 12.9. The Morgan fingerprint density at radius 3 is 2.22 bits per heavy atom. The van der Waals surface area contributed by atoms with Gasteiger partial charge in [0.1, 0.15) is 24.4 Å². The van der Waals surface area contributed by atoms with E-state index in [1.54, 1.807) is 12.1 Å². The molecular weight excluding hydrogens is 410 g/mol. The molecule has 0 saturated heterocycles. The van der Waals surface area contributed by atoms with Crippen LogP contribution < -0.4 is 21.1 Å². The predicted octanol–water partition coefficient (Wildman–Crippen LogP) is 2.55. The number of alkyl carbamates (subject to hydrolysis) is 1. The first-order valence-corrected chi connectivity index (χ1v) is 10.5. The number of rotatable bonds is 11. The molecule has 0 aliphatic rings. The van der Waals surface area contributed by atoms with Gasteiger partial charge in [-0.3, -0.25) is 9.59 Å². The molecule has 0 aromatic heterocycles. The molecule has 0 aliphatic heterocycles. The molecule has 3 amide bonds. The van der Waals surface area contributed by atoms with Crippen LogP contribution in [0.3, 0.4) is 0 Å². The van der Waals surface area contributed by atoms with Crippen LogP contribution in [0.5, 0.6) is 5.75 Å². The fourth-order valence-corrected chi connectivity index (χ4v) is 3.20. The van der Waals surface area contributed by atoms with Crippen LogP contribution in [0.1, 0.15) is 31.4 Å². The SMILES string of the molecule is COc1ccccc1C[C@H](NC(=O)[C@H](CC(C)C)NC(=O)OCc1ccccc1)C(N)=O. The number of nitrogens with two attached hydrogens (primary N) is 1. The normalized spacial score (nSPS) is 12.5. The van der Waals surface area contributed by atoms with Gasteiger partial charge in [0.15, 0.2) is 0 Å². The van der Waals surface area contributed by atoms with Gasteiger partial charge < -0.3 is 25.8 Å². The summed E-state index contributed by atoms with van der Waals surface area (Å²) in [5, 5.41) is 5.26. The van der Waals surface area contributed by atoms with Crippen molar-refractivity contribution in [3.8, 4) is 5.75 Å². The standard InChI is InChI=1S/C24H31N3O5/c1-16(2)13-20(27-24(30)32-15-17-9-5-4-6-10-17)23(29)26-19(22(25)28)14-18-11-7-8-12-21(18)31-3/h4-12,16,19-20H,13-15H2,1-3H3,(H2,25,28)(H,26,29)(H,27,30)/t19-,20-/m0/s1. The minimum atomic E-state index is -0.962. The van der Waals surface area contributed by atoms with Crippen LogP contribution in [0.25, 0.3) is 0 Å². The highest BCUT2D eigenvalue weighted by molar-refractivity contribution is 5.90. The highest BCUT2D eigenvalue weighted by atomic mass is 16.5. The number of amides is 3.